The largest absolute Gasteiger partial charge is 0.467 e. The van der Waals surface area contributed by atoms with Crippen LogP contribution in [0.3, 0.4) is 0 Å². The number of nitrogens with one attached hydrogen (secondary N) is 1. The monoisotopic (exact) mass is 246 g/mol. The fourth-order valence-electron chi connectivity index (χ4n) is 1.43. The van der Waals surface area contributed by atoms with Crippen LogP contribution in [0.1, 0.15) is 20.3 Å². The molecule has 2 N–H and O–H groups in total. The molecule has 1 unspecified atom stereocenters. The van der Waals surface area contributed by atoms with E-state index in [4.69, 9.17) is 0 Å². The van der Waals surface area contributed by atoms with Crippen LogP contribution < -0.4 is 5.32 Å². The fraction of sp³-hybridized carbons (Fsp3) is 0.818. The van der Waals surface area contributed by atoms with Gasteiger partial charge < -0.3 is 15.2 Å². The minimum absolute atomic E-state index is 0.0409. The van der Waals surface area contributed by atoms with Crippen LogP contribution in [-0.2, 0) is 14.3 Å². The van der Waals surface area contributed by atoms with Crippen molar-refractivity contribution in [1.82, 2.24) is 10.2 Å². The Balaban J connectivity index is 4.12. The first-order valence-electron chi connectivity index (χ1n) is 5.59. The number of esters is 1. The Bertz CT molecular complexity index is 266. The predicted octanol–water partition coefficient (Wildman–Crippen LogP) is -0.632. The molecule has 0 rings (SSSR count). The van der Waals surface area contributed by atoms with Gasteiger partial charge in [0.2, 0.25) is 5.91 Å². The third-order valence-corrected chi connectivity index (χ3v) is 2.19. The number of carbonyl (C=O) groups is 2. The van der Waals surface area contributed by atoms with Crippen LogP contribution in [-0.4, -0.2) is 61.3 Å². The molecule has 1 amide bonds. The summed E-state index contributed by atoms with van der Waals surface area (Å²) in [6.45, 7) is 4.12. The van der Waals surface area contributed by atoms with E-state index in [2.05, 4.69) is 10.1 Å². The summed E-state index contributed by atoms with van der Waals surface area (Å²) in [5.74, 6) is -0.840. The second-order valence-electron chi connectivity index (χ2n) is 4.29. The topological polar surface area (TPSA) is 78.9 Å². The maximum atomic E-state index is 11.4. The van der Waals surface area contributed by atoms with Crippen LogP contribution in [0.2, 0.25) is 0 Å². The number of likely N-dealkylation sites (N-methyl/N-ethyl adjacent to an activating group) is 1. The van der Waals surface area contributed by atoms with Crippen LogP contribution in [0.25, 0.3) is 0 Å². The van der Waals surface area contributed by atoms with Gasteiger partial charge in [-0.15, -0.1) is 0 Å². The molecule has 0 radical (unpaired) electrons. The van der Waals surface area contributed by atoms with E-state index in [9.17, 15) is 14.7 Å². The first-order valence-corrected chi connectivity index (χ1v) is 5.59. The van der Waals surface area contributed by atoms with E-state index < -0.39 is 11.6 Å². The van der Waals surface area contributed by atoms with Crippen molar-refractivity contribution in [1.29, 1.82) is 0 Å². The number of ether oxygens (including phenoxy) is 1. The van der Waals surface area contributed by atoms with E-state index in [0.29, 0.717) is 6.54 Å². The number of carbonyl (C=O) groups excluding carboxylic acids is 2. The van der Waals surface area contributed by atoms with Crippen molar-refractivity contribution < 1.29 is 19.4 Å². The summed E-state index contributed by atoms with van der Waals surface area (Å²) in [5, 5.41) is 12.5. The van der Waals surface area contributed by atoms with Gasteiger partial charge in [-0.1, -0.05) is 6.92 Å². The first-order chi connectivity index (χ1) is 7.83. The van der Waals surface area contributed by atoms with E-state index >= 15 is 0 Å². The van der Waals surface area contributed by atoms with Crippen molar-refractivity contribution in [2.45, 2.75) is 25.9 Å². The normalized spacial score (nSPS) is 14.2. The lowest BCUT2D eigenvalue weighted by Crippen LogP contribution is -2.48. The third-order valence-electron chi connectivity index (χ3n) is 2.19. The molecule has 100 valence electrons. The maximum Gasteiger partial charge on any atom is 0.338 e. The maximum absolute atomic E-state index is 11.4. The van der Waals surface area contributed by atoms with Gasteiger partial charge in [-0.25, -0.2) is 4.79 Å². The Kier molecular flexibility index (Phi) is 6.75. The molecule has 0 bridgehead atoms. The molecule has 0 aromatic rings. The molecule has 6 heteroatoms. The molecule has 0 heterocycles. The fourth-order valence-corrected chi connectivity index (χ4v) is 1.43. The van der Waals surface area contributed by atoms with Crippen molar-refractivity contribution in [3.05, 3.63) is 0 Å². The number of methoxy groups -OCH3 is 1. The van der Waals surface area contributed by atoms with Crippen LogP contribution in [0.5, 0.6) is 0 Å². The number of hydrogen-bond acceptors (Lipinski definition) is 5. The van der Waals surface area contributed by atoms with Gasteiger partial charge >= 0.3 is 5.97 Å². The van der Waals surface area contributed by atoms with Crippen molar-refractivity contribution in [3.8, 4) is 0 Å². The molecule has 0 aromatic carbocycles. The molecule has 1 atom stereocenters. The highest BCUT2D eigenvalue weighted by atomic mass is 16.5. The summed E-state index contributed by atoms with van der Waals surface area (Å²) in [6.07, 6.45) is 0.870. The molecule has 6 nitrogen and oxygen atoms in total. The van der Waals surface area contributed by atoms with Gasteiger partial charge in [0.1, 0.15) is 0 Å². The van der Waals surface area contributed by atoms with Crippen LogP contribution >= 0.6 is 0 Å². The number of aliphatic hydroxyl groups is 1. The molecular formula is C11H22N2O4. The molecular weight excluding hydrogens is 224 g/mol. The summed E-state index contributed by atoms with van der Waals surface area (Å²) in [6, 6.07) is 0. The van der Waals surface area contributed by atoms with Gasteiger partial charge in [-0.3, -0.25) is 9.69 Å². The van der Waals surface area contributed by atoms with Gasteiger partial charge in [-0.05, 0) is 20.4 Å². The van der Waals surface area contributed by atoms with Gasteiger partial charge in [0, 0.05) is 13.1 Å². The van der Waals surface area contributed by atoms with Crippen LogP contribution in [0.15, 0.2) is 0 Å². The van der Waals surface area contributed by atoms with Crippen molar-refractivity contribution in [2.75, 3.05) is 33.8 Å². The zero-order valence-corrected chi connectivity index (χ0v) is 10.9. The third kappa shape index (κ3) is 6.23. The predicted molar refractivity (Wildman–Crippen MR) is 63.4 cm³/mol. The highest BCUT2D eigenvalue weighted by Crippen LogP contribution is 2.07. The molecule has 0 aliphatic heterocycles. The Labute approximate surface area is 102 Å². The van der Waals surface area contributed by atoms with Crippen molar-refractivity contribution in [2.24, 2.45) is 0 Å². The number of nitrogens with zero attached hydrogens (tertiary/aromatic N) is 1. The molecule has 0 aromatic heterocycles. The first kappa shape index (κ1) is 15.9. The Morgan fingerprint density at radius 1 is 1.47 bits per heavy atom. The van der Waals surface area contributed by atoms with Crippen LogP contribution in [0, 0.1) is 0 Å². The number of amides is 1. The zero-order valence-electron chi connectivity index (χ0n) is 10.9. The molecule has 0 saturated heterocycles. The van der Waals surface area contributed by atoms with Crippen molar-refractivity contribution in [3.63, 3.8) is 0 Å². The minimum Gasteiger partial charge on any atom is -0.467 e. The standard InChI is InChI=1S/C11H22N2O4/c1-5-6-12-9(14)7-13(3)8-11(2,16)10(15)17-4/h16H,5-8H2,1-4H3,(H,12,14). The van der Waals surface area contributed by atoms with Gasteiger partial charge in [-0.2, -0.15) is 0 Å². The Hall–Kier alpha value is -1.14. The zero-order chi connectivity index (χ0) is 13.5. The molecule has 17 heavy (non-hydrogen) atoms. The number of hydrogen-bond donors (Lipinski definition) is 2. The summed E-state index contributed by atoms with van der Waals surface area (Å²) in [4.78, 5) is 24.2. The lowest BCUT2D eigenvalue weighted by Gasteiger charge is -2.26. The summed E-state index contributed by atoms with van der Waals surface area (Å²) in [7, 11) is 2.87. The summed E-state index contributed by atoms with van der Waals surface area (Å²) in [5.41, 5.74) is -1.60. The smallest absolute Gasteiger partial charge is 0.338 e. The minimum atomic E-state index is -1.60. The van der Waals surface area contributed by atoms with Gasteiger partial charge in [0.15, 0.2) is 5.60 Å². The summed E-state index contributed by atoms with van der Waals surface area (Å²) >= 11 is 0. The van der Waals surface area contributed by atoms with E-state index in [-0.39, 0.29) is 19.0 Å². The SMILES string of the molecule is CCCNC(=O)CN(C)CC(C)(O)C(=O)OC. The van der Waals surface area contributed by atoms with E-state index in [1.54, 1.807) is 11.9 Å². The quantitative estimate of drug-likeness (QED) is 0.585. The van der Waals surface area contributed by atoms with E-state index in [1.807, 2.05) is 6.92 Å². The average molecular weight is 246 g/mol. The molecule has 0 spiro atoms. The lowest BCUT2D eigenvalue weighted by atomic mass is 10.1. The van der Waals surface area contributed by atoms with E-state index in [0.717, 1.165) is 6.42 Å². The Morgan fingerprint density at radius 3 is 2.53 bits per heavy atom. The van der Waals surface area contributed by atoms with E-state index in [1.165, 1.54) is 14.0 Å². The van der Waals surface area contributed by atoms with Crippen LogP contribution in [0.4, 0.5) is 0 Å². The Morgan fingerprint density at radius 2 is 2.06 bits per heavy atom. The second kappa shape index (κ2) is 7.24. The van der Waals surface area contributed by atoms with Gasteiger partial charge in [0.05, 0.1) is 13.7 Å². The van der Waals surface area contributed by atoms with Crippen molar-refractivity contribution >= 4 is 11.9 Å². The summed E-state index contributed by atoms with van der Waals surface area (Å²) < 4.78 is 4.47. The molecule has 0 aliphatic carbocycles. The highest BCUT2D eigenvalue weighted by molar-refractivity contribution is 5.80. The highest BCUT2D eigenvalue weighted by Gasteiger charge is 2.33. The number of rotatable bonds is 7. The average Bonchev–Trinajstić information content (AvgIpc) is 2.23. The molecule has 0 saturated carbocycles. The second-order valence-corrected chi connectivity index (χ2v) is 4.29. The van der Waals surface area contributed by atoms with Gasteiger partial charge in [0.25, 0.3) is 0 Å². The molecule has 0 aliphatic rings. The lowest BCUT2D eigenvalue weighted by molar-refractivity contribution is -0.162. The molecule has 0 fully saturated rings.